The Hall–Kier alpha value is -3.48. The summed E-state index contributed by atoms with van der Waals surface area (Å²) in [6.07, 6.45) is 0. The number of methoxy groups -OCH3 is 1. The van der Waals surface area contributed by atoms with Gasteiger partial charge in [-0.15, -0.1) is 0 Å². The van der Waals surface area contributed by atoms with E-state index < -0.39 is 23.5 Å². The number of hydrogen-bond acceptors (Lipinski definition) is 5. The predicted molar refractivity (Wildman–Crippen MR) is 137 cm³/mol. The molecule has 0 spiro atoms. The largest absolute Gasteiger partial charge is 0.507 e. The van der Waals surface area contributed by atoms with E-state index in [0.717, 1.165) is 5.56 Å². The van der Waals surface area contributed by atoms with Crippen LogP contribution in [-0.4, -0.2) is 30.5 Å². The Kier molecular flexibility index (Phi) is 7.05. The van der Waals surface area contributed by atoms with Gasteiger partial charge in [-0.05, 0) is 43.7 Å². The standard InChI is InChI=1S/C27H23Cl2NO5/c1-4-35-19-10-6-9-18(14-19)30-23(16-8-5-7-15(2)11-16)22(25(32)27(30)33)24(31)20-12-17(28)13-21(29)26(20)34-3/h5-14,23,31H,4H2,1-3H3/b24-22+. The molecule has 1 fully saturated rings. The fraction of sp³-hybridized carbons (Fsp3) is 0.185. The molecule has 35 heavy (non-hydrogen) atoms. The molecule has 1 N–H and O–H groups in total. The van der Waals surface area contributed by atoms with Gasteiger partial charge < -0.3 is 14.6 Å². The zero-order valence-corrected chi connectivity index (χ0v) is 20.9. The second-order valence-corrected chi connectivity index (χ2v) is 8.83. The molecule has 1 heterocycles. The Morgan fingerprint density at radius 1 is 1.06 bits per heavy atom. The molecular formula is C27H23Cl2NO5. The number of aryl methyl sites for hydroxylation is 1. The lowest BCUT2D eigenvalue weighted by Gasteiger charge is -2.26. The van der Waals surface area contributed by atoms with Crippen molar-refractivity contribution in [3.63, 3.8) is 0 Å². The molecule has 1 amide bonds. The van der Waals surface area contributed by atoms with Crippen molar-refractivity contribution in [1.82, 2.24) is 0 Å². The second-order valence-electron chi connectivity index (χ2n) is 7.98. The first-order valence-electron chi connectivity index (χ1n) is 10.9. The fourth-order valence-electron chi connectivity index (χ4n) is 4.23. The maximum atomic E-state index is 13.4. The average molecular weight is 512 g/mol. The minimum absolute atomic E-state index is 0.0981. The Labute approximate surface area is 213 Å². The maximum Gasteiger partial charge on any atom is 0.300 e. The fourth-order valence-corrected chi connectivity index (χ4v) is 4.80. The first-order valence-corrected chi connectivity index (χ1v) is 11.7. The van der Waals surface area contributed by atoms with Gasteiger partial charge in [-0.1, -0.05) is 59.1 Å². The molecule has 1 atom stereocenters. The number of hydrogen-bond donors (Lipinski definition) is 1. The number of ether oxygens (including phenoxy) is 2. The van der Waals surface area contributed by atoms with E-state index in [9.17, 15) is 14.7 Å². The predicted octanol–water partition coefficient (Wildman–Crippen LogP) is 6.34. The van der Waals surface area contributed by atoms with Crippen LogP contribution in [-0.2, 0) is 9.59 Å². The molecule has 1 aliphatic rings. The molecule has 0 aromatic heterocycles. The summed E-state index contributed by atoms with van der Waals surface area (Å²) in [6, 6.07) is 16.3. The Balaban J connectivity index is 1.99. The molecular weight excluding hydrogens is 489 g/mol. The third kappa shape index (κ3) is 4.59. The summed E-state index contributed by atoms with van der Waals surface area (Å²) in [7, 11) is 1.39. The monoisotopic (exact) mass is 511 g/mol. The lowest BCUT2D eigenvalue weighted by atomic mass is 9.94. The van der Waals surface area contributed by atoms with Gasteiger partial charge in [-0.3, -0.25) is 14.5 Å². The van der Waals surface area contributed by atoms with Gasteiger partial charge >= 0.3 is 0 Å². The van der Waals surface area contributed by atoms with Crippen molar-refractivity contribution in [1.29, 1.82) is 0 Å². The van der Waals surface area contributed by atoms with Crippen LogP contribution < -0.4 is 14.4 Å². The molecule has 0 radical (unpaired) electrons. The van der Waals surface area contributed by atoms with Crippen molar-refractivity contribution >= 4 is 46.3 Å². The highest BCUT2D eigenvalue weighted by atomic mass is 35.5. The van der Waals surface area contributed by atoms with Crippen LogP contribution in [0.3, 0.4) is 0 Å². The van der Waals surface area contributed by atoms with Gasteiger partial charge in [0.2, 0.25) is 0 Å². The van der Waals surface area contributed by atoms with Gasteiger partial charge in [0.25, 0.3) is 11.7 Å². The molecule has 1 aliphatic heterocycles. The van der Waals surface area contributed by atoms with E-state index >= 15 is 0 Å². The number of aliphatic hydroxyl groups is 1. The van der Waals surface area contributed by atoms with Crippen LogP contribution in [0.2, 0.25) is 10.0 Å². The number of nitrogens with zero attached hydrogens (tertiary/aromatic N) is 1. The van der Waals surface area contributed by atoms with Gasteiger partial charge in [0.15, 0.2) is 0 Å². The van der Waals surface area contributed by atoms with E-state index in [1.807, 2.05) is 32.0 Å². The summed E-state index contributed by atoms with van der Waals surface area (Å²) in [6.45, 7) is 4.21. The number of benzene rings is 3. The summed E-state index contributed by atoms with van der Waals surface area (Å²) in [5.41, 5.74) is 2.06. The Morgan fingerprint density at radius 3 is 2.49 bits per heavy atom. The number of halogens is 2. The molecule has 8 heteroatoms. The van der Waals surface area contributed by atoms with Crippen molar-refractivity contribution < 1.29 is 24.2 Å². The molecule has 3 aromatic carbocycles. The van der Waals surface area contributed by atoms with Crippen LogP contribution in [0.5, 0.6) is 11.5 Å². The van der Waals surface area contributed by atoms with Crippen molar-refractivity contribution in [2.75, 3.05) is 18.6 Å². The van der Waals surface area contributed by atoms with Gasteiger partial charge in [-0.2, -0.15) is 0 Å². The number of carbonyl (C=O) groups is 2. The highest BCUT2D eigenvalue weighted by Crippen LogP contribution is 2.45. The second kappa shape index (κ2) is 10.0. The van der Waals surface area contributed by atoms with E-state index in [1.165, 1.54) is 24.1 Å². The molecule has 0 bridgehead atoms. The zero-order valence-electron chi connectivity index (χ0n) is 19.3. The highest BCUT2D eigenvalue weighted by Gasteiger charge is 2.47. The van der Waals surface area contributed by atoms with Crippen molar-refractivity contribution in [2.24, 2.45) is 0 Å². The van der Waals surface area contributed by atoms with Gasteiger partial charge in [0, 0.05) is 16.8 Å². The van der Waals surface area contributed by atoms with E-state index in [4.69, 9.17) is 32.7 Å². The summed E-state index contributed by atoms with van der Waals surface area (Å²) in [5, 5.41) is 11.8. The average Bonchev–Trinajstić information content (AvgIpc) is 3.09. The number of ketones is 1. The summed E-state index contributed by atoms with van der Waals surface area (Å²) < 4.78 is 11.0. The van der Waals surface area contributed by atoms with Gasteiger partial charge in [0.05, 0.1) is 35.9 Å². The van der Waals surface area contributed by atoms with E-state index in [1.54, 1.807) is 30.3 Å². The molecule has 6 nitrogen and oxygen atoms in total. The minimum atomic E-state index is -0.908. The van der Waals surface area contributed by atoms with Crippen LogP contribution in [0.15, 0.2) is 66.2 Å². The van der Waals surface area contributed by atoms with E-state index in [0.29, 0.717) is 23.6 Å². The minimum Gasteiger partial charge on any atom is -0.507 e. The van der Waals surface area contributed by atoms with Crippen LogP contribution in [0, 0.1) is 6.92 Å². The smallest absolute Gasteiger partial charge is 0.300 e. The highest BCUT2D eigenvalue weighted by molar-refractivity contribution is 6.52. The van der Waals surface area contributed by atoms with Crippen molar-refractivity contribution in [2.45, 2.75) is 19.9 Å². The molecule has 4 rings (SSSR count). The SMILES string of the molecule is CCOc1cccc(N2C(=O)C(=O)/C(=C(/O)c3cc(Cl)cc(Cl)c3OC)C2c2cccc(C)c2)c1. The number of amides is 1. The van der Waals surface area contributed by atoms with Gasteiger partial charge in [-0.25, -0.2) is 0 Å². The van der Waals surface area contributed by atoms with Crippen molar-refractivity contribution in [3.8, 4) is 11.5 Å². The third-order valence-corrected chi connectivity index (χ3v) is 6.18. The lowest BCUT2D eigenvalue weighted by Crippen LogP contribution is -2.29. The molecule has 180 valence electrons. The lowest BCUT2D eigenvalue weighted by molar-refractivity contribution is -0.132. The van der Waals surface area contributed by atoms with Gasteiger partial charge in [0.1, 0.15) is 17.3 Å². The molecule has 0 saturated carbocycles. The summed E-state index contributed by atoms with van der Waals surface area (Å²) >= 11 is 12.5. The summed E-state index contributed by atoms with van der Waals surface area (Å²) in [5.74, 6) is -1.35. The molecule has 1 saturated heterocycles. The maximum absolute atomic E-state index is 13.4. The normalized spacial score (nSPS) is 17.1. The quantitative estimate of drug-likeness (QED) is 0.237. The number of Topliss-reactive ketones (excluding diaryl/α,β-unsaturated/α-hetero) is 1. The van der Waals surface area contributed by atoms with Crippen LogP contribution in [0.25, 0.3) is 5.76 Å². The zero-order chi connectivity index (χ0) is 25.3. The number of carbonyl (C=O) groups excluding carboxylic acids is 2. The first kappa shape index (κ1) is 24.6. The Morgan fingerprint density at radius 2 is 1.80 bits per heavy atom. The Bertz CT molecular complexity index is 1350. The number of aliphatic hydroxyl groups excluding tert-OH is 1. The van der Waals surface area contributed by atoms with Crippen LogP contribution in [0.1, 0.15) is 29.7 Å². The summed E-state index contributed by atoms with van der Waals surface area (Å²) in [4.78, 5) is 28.2. The first-order chi connectivity index (χ1) is 16.8. The number of anilines is 1. The molecule has 3 aromatic rings. The third-order valence-electron chi connectivity index (χ3n) is 5.68. The number of rotatable bonds is 6. The van der Waals surface area contributed by atoms with Crippen LogP contribution >= 0.6 is 23.2 Å². The van der Waals surface area contributed by atoms with E-state index in [-0.39, 0.29) is 26.9 Å². The van der Waals surface area contributed by atoms with E-state index in [2.05, 4.69) is 0 Å². The molecule has 1 unspecified atom stereocenters. The molecule has 0 aliphatic carbocycles. The van der Waals surface area contributed by atoms with Crippen LogP contribution in [0.4, 0.5) is 5.69 Å². The van der Waals surface area contributed by atoms with Crippen molar-refractivity contribution in [3.05, 3.63) is 93.0 Å². The topological polar surface area (TPSA) is 76.1 Å².